The minimum Gasteiger partial charge on any atom is -0.338 e. The lowest BCUT2D eigenvalue weighted by Crippen LogP contribution is -2.48. The molecule has 2 aliphatic rings. The van der Waals surface area contributed by atoms with Crippen LogP contribution in [0.3, 0.4) is 0 Å². The summed E-state index contributed by atoms with van der Waals surface area (Å²) in [5.41, 5.74) is 0.983. The highest BCUT2D eigenvalue weighted by Crippen LogP contribution is 2.33. The van der Waals surface area contributed by atoms with Gasteiger partial charge < -0.3 is 15.1 Å². The number of hydrogen-bond donors (Lipinski definition) is 1. The van der Waals surface area contributed by atoms with E-state index < -0.39 is 0 Å². The Labute approximate surface area is 137 Å². The van der Waals surface area contributed by atoms with Gasteiger partial charge in [0, 0.05) is 38.3 Å². The predicted octanol–water partition coefficient (Wildman–Crippen LogP) is 2.48. The Hall–Kier alpha value is -2.04. The topological polar surface area (TPSA) is 52.7 Å². The summed E-state index contributed by atoms with van der Waals surface area (Å²) in [5.74, 6) is 1.04. The molecule has 1 N–H and O–H groups in total. The molecular weight excluding hydrogens is 290 g/mol. The lowest BCUT2D eigenvalue weighted by atomic mass is 9.82. The van der Waals surface area contributed by atoms with Crippen molar-refractivity contribution in [1.29, 1.82) is 0 Å². The molecule has 0 bridgehead atoms. The van der Waals surface area contributed by atoms with E-state index in [1.54, 1.807) is 0 Å². The largest absolute Gasteiger partial charge is 0.338 e. The second kappa shape index (κ2) is 7.02. The monoisotopic (exact) mass is 315 g/mol. The molecular formula is C18H25N3O2. The molecule has 2 fully saturated rings. The van der Waals surface area contributed by atoms with Gasteiger partial charge in [0.2, 0.25) is 5.91 Å². The summed E-state index contributed by atoms with van der Waals surface area (Å²) in [7, 11) is 0. The maximum absolute atomic E-state index is 12.6. The van der Waals surface area contributed by atoms with Crippen LogP contribution in [0.2, 0.25) is 0 Å². The van der Waals surface area contributed by atoms with Crippen LogP contribution < -0.4 is 10.2 Å². The molecule has 23 heavy (non-hydrogen) atoms. The van der Waals surface area contributed by atoms with E-state index in [2.05, 4.69) is 5.32 Å². The van der Waals surface area contributed by atoms with E-state index in [4.69, 9.17) is 0 Å². The van der Waals surface area contributed by atoms with Crippen molar-refractivity contribution in [2.75, 3.05) is 31.1 Å². The van der Waals surface area contributed by atoms with Crippen molar-refractivity contribution >= 4 is 17.6 Å². The van der Waals surface area contributed by atoms with Gasteiger partial charge in [-0.25, -0.2) is 4.79 Å². The Kier molecular flexibility index (Phi) is 4.84. The molecule has 2 atom stereocenters. The summed E-state index contributed by atoms with van der Waals surface area (Å²) >= 11 is 0. The second-order valence-electron chi connectivity index (χ2n) is 6.46. The first-order chi connectivity index (χ1) is 11.2. The molecule has 2 heterocycles. The molecule has 3 amide bonds. The van der Waals surface area contributed by atoms with Crippen molar-refractivity contribution in [1.82, 2.24) is 10.2 Å². The van der Waals surface area contributed by atoms with Crippen molar-refractivity contribution in [3.8, 4) is 0 Å². The van der Waals surface area contributed by atoms with Gasteiger partial charge in [-0.05, 0) is 43.7 Å². The SMILES string of the molecule is CCNC(=O)N1CCC2CC(=O)N(c3ccccc3)CCC2C1. The van der Waals surface area contributed by atoms with Gasteiger partial charge >= 0.3 is 6.03 Å². The Morgan fingerprint density at radius 1 is 1.17 bits per heavy atom. The van der Waals surface area contributed by atoms with E-state index in [0.29, 0.717) is 24.8 Å². The summed E-state index contributed by atoms with van der Waals surface area (Å²) in [5, 5.41) is 2.88. The number of urea groups is 1. The van der Waals surface area contributed by atoms with Gasteiger partial charge in [0.15, 0.2) is 0 Å². The fourth-order valence-corrected chi connectivity index (χ4v) is 3.76. The third-order valence-electron chi connectivity index (χ3n) is 5.04. The van der Waals surface area contributed by atoms with Gasteiger partial charge in [-0.15, -0.1) is 0 Å². The van der Waals surface area contributed by atoms with Crippen molar-refractivity contribution in [2.45, 2.75) is 26.2 Å². The minimum atomic E-state index is 0.0291. The number of likely N-dealkylation sites (tertiary alicyclic amines) is 1. The molecule has 1 aromatic carbocycles. The molecule has 0 radical (unpaired) electrons. The molecule has 3 rings (SSSR count). The van der Waals surface area contributed by atoms with E-state index >= 15 is 0 Å². The van der Waals surface area contributed by atoms with Gasteiger partial charge in [0.1, 0.15) is 0 Å². The Morgan fingerprint density at radius 2 is 1.91 bits per heavy atom. The number of amides is 3. The average Bonchev–Trinajstić information content (AvgIpc) is 2.73. The number of rotatable bonds is 2. The number of piperidine rings is 1. The minimum absolute atomic E-state index is 0.0291. The number of benzene rings is 1. The van der Waals surface area contributed by atoms with Crippen LogP contribution in [0.15, 0.2) is 30.3 Å². The van der Waals surface area contributed by atoms with Crippen LogP contribution in [0.4, 0.5) is 10.5 Å². The summed E-state index contributed by atoms with van der Waals surface area (Å²) < 4.78 is 0. The summed E-state index contributed by atoms with van der Waals surface area (Å²) in [6.07, 6.45) is 2.49. The number of para-hydroxylation sites is 1. The van der Waals surface area contributed by atoms with E-state index in [1.807, 2.05) is 47.1 Å². The number of anilines is 1. The Morgan fingerprint density at radius 3 is 2.65 bits per heavy atom. The first-order valence-corrected chi connectivity index (χ1v) is 8.57. The van der Waals surface area contributed by atoms with E-state index in [-0.39, 0.29) is 11.9 Å². The zero-order valence-electron chi connectivity index (χ0n) is 13.7. The number of carbonyl (C=O) groups is 2. The third-order valence-corrected chi connectivity index (χ3v) is 5.04. The van der Waals surface area contributed by atoms with E-state index in [1.165, 1.54) is 0 Å². The summed E-state index contributed by atoms with van der Waals surface area (Å²) in [6, 6.07) is 9.92. The average molecular weight is 315 g/mol. The third kappa shape index (κ3) is 3.49. The van der Waals surface area contributed by atoms with Gasteiger partial charge in [-0.3, -0.25) is 4.79 Å². The van der Waals surface area contributed by atoms with Crippen molar-refractivity contribution in [3.05, 3.63) is 30.3 Å². The predicted molar refractivity (Wildman–Crippen MR) is 90.3 cm³/mol. The standard InChI is InChI=1S/C18H25N3O2/c1-2-19-18(23)20-10-8-14-12-17(22)21(11-9-15(14)13-20)16-6-4-3-5-7-16/h3-7,14-15H,2,8-13H2,1H3,(H,19,23). The zero-order chi connectivity index (χ0) is 16.2. The van der Waals surface area contributed by atoms with Crippen LogP contribution in [0.1, 0.15) is 26.2 Å². The highest BCUT2D eigenvalue weighted by atomic mass is 16.2. The van der Waals surface area contributed by atoms with Crippen LogP contribution in [-0.4, -0.2) is 43.0 Å². The van der Waals surface area contributed by atoms with Crippen molar-refractivity contribution < 1.29 is 9.59 Å². The van der Waals surface area contributed by atoms with Gasteiger partial charge in [0.25, 0.3) is 0 Å². The quantitative estimate of drug-likeness (QED) is 0.911. The number of nitrogens with one attached hydrogen (secondary N) is 1. The first-order valence-electron chi connectivity index (χ1n) is 8.57. The number of nitrogens with zero attached hydrogens (tertiary/aromatic N) is 2. The molecule has 0 aliphatic carbocycles. The number of carbonyl (C=O) groups excluding carboxylic acids is 2. The maximum atomic E-state index is 12.6. The van der Waals surface area contributed by atoms with E-state index in [0.717, 1.165) is 38.2 Å². The maximum Gasteiger partial charge on any atom is 0.317 e. The van der Waals surface area contributed by atoms with Gasteiger partial charge in [-0.1, -0.05) is 18.2 Å². The molecule has 0 aromatic heterocycles. The smallest absolute Gasteiger partial charge is 0.317 e. The highest BCUT2D eigenvalue weighted by Gasteiger charge is 2.36. The second-order valence-corrected chi connectivity index (χ2v) is 6.46. The van der Waals surface area contributed by atoms with Crippen LogP contribution in [0, 0.1) is 11.8 Å². The van der Waals surface area contributed by atoms with Crippen molar-refractivity contribution in [2.24, 2.45) is 11.8 Å². The summed E-state index contributed by atoms with van der Waals surface area (Å²) in [6.45, 7) is 4.86. The zero-order valence-corrected chi connectivity index (χ0v) is 13.7. The fraction of sp³-hybridized carbons (Fsp3) is 0.556. The highest BCUT2D eigenvalue weighted by molar-refractivity contribution is 5.93. The Balaban J connectivity index is 1.68. The van der Waals surface area contributed by atoms with Crippen LogP contribution in [-0.2, 0) is 4.79 Å². The van der Waals surface area contributed by atoms with Gasteiger partial charge in [0.05, 0.1) is 0 Å². The molecule has 0 saturated carbocycles. The van der Waals surface area contributed by atoms with E-state index in [9.17, 15) is 9.59 Å². The number of fused-ring (bicyclic) bond motifs is 1. The van der Waals surface area contributed by atoms with Crippen LogP contribution in [0.5, 0.6) is 0 Å². The first kappa shape index (κ1) is 15.8. The molecule has 5 nitrogen and oxygen atoms in total. The lowest BCUT2D eigenvalue weighted by Gasteiger charge is -2.37. The lowest BCUT2D eigenvalue weighted by molar-refractivity contribution is -0.119. The molecule has 2 aliphatic heterocycles. The Bertz CT molecular complexity index is 561. The molecule has 0 spiro atoms. The van der Waals surface area contributed by atoms with Gasteiger partial charge in [-0.2, -0.15) is 0 Å². The molecule has 2 unspecified atom stereocenters. The summed E-state index contributed by atoms with van der Waals surface area (Å²) in [4.78, 5) is 28.5. The molecule has 1 aromatic rings. The molecule has 5 heteroatoms. The van der Waals surface area contributed by atoms with Crippen molar-refractivity contribution in [3.63, 3.8) is 0 Å². The molecule has 2 saturated heterocycles. The van der Waals surface area contributed by atoms with Crippen LogP contribution >= 0.6 is 0 Å². The molecule has 124 valence electrons. The number of hydrogen-bond acceptors (Lipinski definition) is 2. The van der Waals surface area contributed by atoms with Crippen LogP contribution in [0.25, 0.3) is 0 Å². The fourth-order valence-electron chi connectivity index (χ4n) is 3.76. The normalized spacial score (nSPS) is 24.8.